The predicted molar refractivity (Wildman–Crippen MR) is 104 cm³/mol. The lowest BCUT2D eigenvalue weighted by Gasteiger charge is -2.40. The Kier molecular flexibility index (Phi) is 5.22. The molecule has 9 nitrogen and oxygen atoms in total. The van der Waals surface area contributed by atoms with Crippen LogP contribution in [0.2, 0.25) is 0 Å². The molecule has 1 saturated heterocycles. The summed E-state index contributed by atoms with van der Waals surface area (Å²) in [5, 5.41) is 59.8. The van der Waals surface area contributed by atoms with Crippen LogP contribution < -0.4 is 5.43 Å². The number of hydrogen-bond acceptors (Lipinski definition) is 9. The van der Waals surface area contributed by atoms with E-state index in [0.29, 0.717) is 5.56 Å². The van der Waals surface area contributed by atoms with Crippen molar-refractivity contribution in [3.05, 3.63) is 58.4 Å². The molecule has 0 unspecified atom stereocenters. The standard InChI is InChI=1S/C21H20O9/c22-7-14-17(26)18(27)19(28)21(30-14)15-13(24)6-5-11-16(25)12(8-29-20(11)15)9-1-3-10(23)4-2-9/h1-6,8,14,17-19,21-24,26-28H,7H2/t14-,17-,18+,19+,21+/m1/s1. The molecule has 0 saturated carbocycles. The van der Waals surface area contributed by atoms with Gasteiger partial charge < -0.3 is 39.8 Å². The van der Waals surface area contributed by atoms with Crippen molar-refractivity contribution in [2.75, 3.05) is 6.61 Å². The highest BCUT2D eigenvalue weighted by Gasteiger charge is 2.45. The molecule has 2 aromatic carbocycles. The topological polar surface area (TPSA) is 161 Å². The Morgan fingerprint density at radius 1 is 0.900 bits per heavy atom. The van der Waals surface area contributed by atoms with E-state index in [9.17, 15) is 35.4 Å². The third-order valence-corrected chi connectivity index (χ3v) is 5.31. The molecule has 0 amide bonds. The second-order valence-electron chi connectivity index (χ2n) is 7.15. The van der Waals surface area contributed by atoms with Crippen molar-refractivity contribution < 1.29 is 39.8 Å². The van der Waals surface area contributed by atoms with Crippen LogP contribution >= 0.6 is 0 Å². The Morgan fingerprint density at radius 2 is 1.60 bits per heavy atom. The third kappa shape index (κ3) is 3.22. The van der Waals surface area contributed by atoms with Gasteiger partial charge >= 0.3 is 0 Å². The molecule has 0 aliphatic carbocycles. The van der Waals surface area contributed by atoms with E-state index in [1.165, 1.54) is 30.5 Å². The Labute approximate surface area is 169 Å². The van der Waals surface area contributed by atoms with E-state index in [0.717, 1.165) is 0 Å². The molecule has 1 aromatic heterocycles. The first-order valence-corrected chi connectivity index (χ1v) is 9.20. The van der Waals surface area contributed by atoms with E-state index >= 15 is 0 Å². The molecule has 3 aromatic rings. The summed E-state index contributed by atoms with van der Waals surface area (Å²) in [4.78, 5) is 13.0. The molecule has 0 spiro atoms. The monoisotopic (exact) mass is 416 g/mol. The normalized spacial score (nSPS) is 26.7. The molecule has 6 N–H and O–H groups in total. The highest BCUT2D eigenvalue weighted by Crippen LogP contribution is 2.40. The largest absolute Gasteiger partial charge is 0.508 e. The maximum Gasteiger partial charge on any atom is 0.200 e. The van der Waals surface area contributed by atoms with Crippen LogP contribution in [0.1, 0.15) is 11.7 Å². The zero-order valence-corrected chi connectivity index (χ0v) is 15.5. The van der Waals surface area contributed by atoms with Crippen molar-refractivity contribution >= 4 is 11.0 Å². The van der Waals surface area contributed by atoms with Crippen molar-refractivity contribution in [1.29, 1.82) is 0 Å². The molecule has 2 heterocycles. The zero-order chi connectivity index (χ0) is 21.6. The molecule has 0 radical (unpaired) electrons. The second kappa shape index (κ2) is 7.71. The maximum atomic E-state index is 13.0. The van der Waals surface area contributed by atoms with Gasteiger partial charge in [-0.05, 0) is 29.8 Å². The SMILES string of the molecule is O=c1c(-c2ccc(O)cc2)coc2c([C@@H]3O[C@H](CO)[C@@H](O)[C@H](O)[C@@H]3O)c(O)ccc12. The number of phenols is 2. The molecule has 4 rings (SSSR count). The van der Waals surface area contributed by atoms with Crippen LogP contribution in [0.15, 0.2) is 51.9 Å². The van der Waals surface area contributed by atoms with Gasteiger partial charge in [0.05, 0.1) is 23.1 Å². The van der Waals surface area contributed by atoms with Gasteiger partial charge in [0.2, 0.25) is 5.43 Å². The predicted octanol–water partition coefficient (Wildman–Crippen LogP) is 0.386. The van der Waals surface area contributed by atoms with Crippen molar-refractivity contribution in [2.24, 2.45) is 0 Å². The number of aromatic hydroxyl groups is 2. The number of rotatable bonds is 3. The van der Waals surface area contributed by atoms with Crippen molar-refractivity contribution in [3.63, 3.8) is 0 Å². The Hall–Kier alpha value is -2.95. The molecular formula is C21H20O9. The average molecular weight is 416 g/mol. The van der Waals surface area contributed by atoms with Crippen LogP contribution in [0.5, 0.6) is 11.5 Å². The Morgan fingerprint density at radius 3 is 2.27 bits per heavy atom. The van der Waals surface area contributed by atoms with Gasteiger partial charge in [-0.2, -0.15) is 0 Å². The van der Waals surface area contributed by atoms with Crippen LogP contribution in [0, 0.1) is 0 Å². The number of aliphatic hydroxyl groups is 4. The summed E-state index contributed by atoms with van der Waals surface area (Å²) < 4.78 is 11.1. The minimum absolute atomic E-state index is 0.0405. The number of hydrogen-bond donors (Lipinski definition) is 6. The first kappa shape index (κ1) is 20.3. The molecule has 1 fully saturated rings. The summed E-state index contributed by atoms with van der Waals surface area (Å²) in [5.41, 5.74) is 0.150. The van der Waals surface area contributed by atoms with Crippen molar-refractivity contribution in [1.82, 2.24) is 0 Å². The number of ether oxygens (including phenoxy) is 1. The fourth-order valence-electron chi connectivity index (χ4n) is 3.67. The van der Waals surface area contributed by atoms with Gasteiger partial charge in [-0.1, -0.05) is 12.1 Å². The van der Waals surface area contributed by atoms with E-state index in [1.54, 1.807) is 12.1 Å². The third-order valence-electron chi connectivity index (χ3n) is 5.31. The van der Waals surface area contributed by atoms with Gasteiger partial charge in [0.25, 0.3) is 0 Å². The molecule has 158 valence electrons. The molecule has 0 bridgehead atoms. The quantitative estimate of drug-likeness (QED) is 0.355. The van der Waals surface area contributed by atoms with Crippen LogP contribution in [0.3, 0.4) is 0 Å². The highest BCUT2D eigenvalue weighted by atomic mass is 16.5. The van der Waals surface area contributed by atoms with E-state index < -0.39 is 42.6 Å². The van der Waals surface area contributed by atoms with Gasteiger partial charge in [-0.25, -0.2) is 0 Å². The lowest BCUT2D eigenvalue weighted by atomic mass is 9.89. The van der Waals surface area contributed by atoms with Gasteiger partial charge in [0.15, 0.2) is 0 Å². The van der Waals surface area contributed by atoms with Crippen molar-refractivity contribution in [2.45, 2.75) is 30.5 Å². The second-order valence-corrected chi connectivity index (χ2v) is 7.15. The highest BCUT2D eigenvalue weighted by molar-refractivity contribution is 5.86. The van der Waals surface area contributed by atoms with Crippen LogP contribution in [0.4, 0.5) is 0 Å². The molecule has 1 aliphatic rings. The van der Waals surface area contributed by atoms with Gasteiger partial charge in [-0.3, -0.25) is 4.79 Å². The van der Waals surface area contributed by atoms with Crippen LogP contribution in [-0.2, 0) is 4.74 Å². The lowest BCUT2D eigenvalue weighted by Crippen LogP contribution is -2.55. The maximum absolute atomic E-state index is 13.0. The number of aliphatic hydroxyl groups excluding tert-OH is 4. The summed E-state index contributed by atoms with van der Waals surface area (Å²) in [6, 6.07) is 8.54. The smallest absolute Gasteiger partial charge is 0.200 e. The first-order valence-electron chi connectivity index (χ1n) is 9.20. The van der Waals surface area contributed by atoms with E-state index in [4.69, 9.17) is 9.15 Å². The summed E-state index contributed by atoms with van der Waals surface area (Å²) in [6.07, 6.45) is -6.24. The number of phenolic OH excluding ortho intramolecular Hbond substituents is 2. The molecular weight excluding hydrogens is 396 g/mol. The molecule has 9 heteroatoms. The minimum atomic E-state index is -1.65. The molecule has 1 aliphatic heterocycles. The van der Waals surface area contributed by atoms with Crippen LogP contribution in [0.25, 0.3) is 22.1 Å². The summed E-state index contributed by atoms with van der Waals surface area (Å²) in [5.74, 6) is -0.314. The van der Waals surface area contributed by atoms with E-state index in [-0.39, 0.29) is 33.6 Å². The fourth-order valence-corrected chi connectivity index (χ4v) is 3.67. The van der Waals surface area contributed by atoms with Gasteiger partial charge in [-0.15, -0.1) is 0 Å². The van der Waals surface area contributed by atoms with Crippen LogP contribution in [-0.4, -0.2) is 61.7 Å². The fraction of sp³-hybridized carbons (Fsp3) is 0.286. The Bertz CT molecular complexity index is 1120. The number of benzene rings is 2. The summed E-state index contributed by atoms with van der Waals surface area (Å²) >= 11 is 0. The van der Waals surface area contributed by atoms with E-state index in [2.05, 4.69) is 0 Å². The van der Waals surface area contributed by atoms with Gasteiger partial charge in [0.1, 0.15) is 53.9 Å². The van der Waals surface area contributed by atoms with E-state index in [1.807, 2.05) is 0 Å². The van der Waals surface area contributed by atoms with Crippen molar-refractivity contribution in [3.8, 4) is 22.6 Å². The molecule has 30 heavy (non-hydrogen) atoms. The zero-order valence-electron chi connectivity index (χ0n) is 15.5. The molecule has 5 atom stereocenters. The van der Waals surface area contributed by atoms with Gasteiger partial charge in [0, 0.05) is 0 Å². The Balaban J connectivity index is 1.87. The first-order chi connectivity index (χ1) is 14.3. The number of fused-ring (bicyclic) bond motifs is 1. The average Bonchev–Trinajstić information content (AvgIpc) is 2.74. The lowest BCUT2D eigenvalue weighted by molar-refractivity contribution is -0.231. The minimum Gasteiger partial charge on any atom is -0.508 e. The summed E-state index contributed by atoms with van der Waals surface area (Å²) in [6.45, 7) is -0.637. The summed E-state index contributed by atoms with van der Waals surface area (Å²) in [7, 11) is 0.